The molecule has 1 fully saturated rings. The van der Waals surface area contributed by atoms with Crippen LogP contribution in [0.5, 0.6) is 0 Å². The highest BCUT2D eigenvalue weighted by atomic mass is 35.5. The largest absolute Gasteiger partial charge is 0.465 e. The number of carbonyl (C=O) groups excluding carboxylic acids is 1. The van der Waals surface area contributed by atoms with Crippen LogP contribution in [0.15, 0.2) is 60.7 Å². The van der Waals surface area contributed by atoms with Gasteiger partial charge in [0.2, 0.25) is 0 Å². The fraction of sp³-hybridized carbons (Fsp3) is 0.227. The second-order valence-corrected chi connectivity index (χ2v) is 8.28. The lowest BCUT2D eigenvalue weighted by atomic mass is 9.93. The van der Waals surface area contributed by atoms with E-state index < -0.39 is 5.41 Å². The van der Waals surface area contributed by atoms with Crippen molar-refractivity contribution in [2.24, 2.45) is 0 Å². The number of rotatable bonds is 5. The highest BCUT2D eigenvalue weighted by molar-refractivity contribution is 7.19. The summed E-state index contributed by atoms with van der Waals surface area (Å²) < 4.78 is 6.05. The molecule has 4 rings (SSSR count). The van der Waals surface area contributed by atoms with Gasteiger partial charge in [0.1, 0.15) is 0 Å². The summed E-state index contributed by atoms with van der Waals surface area (Å²) in [7, 11) is 0. The molecule has 0 saturated heterocycles. The average molecular weight is 383 g/mol. The molecule has 132 valence electrons. The molecular formula is C22H19ClO2S. The first-order valence-corrected chi connectivity index (χ1v) is 9.96. The van der Waals surface area contributed by atoms with E-state index >= 15 is 0 Å². The van der Waals surface area contributed by atoms with E-state index in [0.29, 0.717) is 6.61 Å². The van der Waals surface area contributed by atoms with E-state index in [1.165, 1.54) is 10.4 Å². The van der Waals surface area contributed by atoms with E-state index in [1.807, 2.05) is 19.1 Å². The van der Waals surface area contributed by atoms with Crippen LogP contribution in [0.4, 0.5) is 0 Å². The molecule has 0 aliphatic heterocycles. The minimum Gasteiger partial charge on any atom is -0.465 e. The molecule has 1 heterocycles. The fourth-order valence-electron chi connectivity index (χ4n) is 3.28. The Morgan fingerprint density at radius 1 is 0.962 bits per heavy atom. The van der Waals surface area contributed by atoms with Gasteiger partial charge in [-0.05, 0) is 54.2 Å². The van der Waals surface area contributed by atoms with Crippen molar-refractivity contribution >= 4 is 28.9 Å². The topological polar surface area (TPSA) is 26.3 Å². The summed E-state index contributed by atoms with van der Waals surface area (Å²) in [5, 5.41) is 0. The first kappa shape index (κ1) is 17.3. The Balaban J connectivity index is 1.55. The number of carbonyl (C=O) groups is 1. The zero-order chi connectivity index (χ0) is 18.1. The second-order valence-electron chi connectivity index (χ2n) is 6.56. The monoisotopic (exact) mass is 382 g/mol. The number of thiophene rings is 1. The molecule has 0 N–H and O–H groups in total. The van der Waals surface area contributed by atoms with Crippen molar-refractivity contribution in [3.63, 3.8) is 0 Å². The van der Waals surface area contributed by atoms with Gasteiger partial charge in [0, 0.05) is 4.88 Å². The van der Waals surface area contributed by atoms with Gasteiger partial charge in [-0.15, -0.1) is 11.3 Å². The Hall–Kier alpha value is -2.10. The molecule has 2 nitrogen and oxygen atoms in total. The van der Waals surface area contributed by atoms with Crippen molar-refractivity contribution in [3.8, 4) is 21.6 Å². The Morgan fingerprint density at radius 3 is 2.04 bits per heavy atom. The van der Waals surface area contributed by atoms with Gasteiger partial charge in [-0.3, -0.25) is 4.79 Å². The van der Waals surface area contributed by atoms with Crippen molar-refractivity contribution in [1.29, 1.82) is 0 Å². The second kappa shape index (κ2) is 6.90. The van der Waals surface area contributed by atoms with E-state index in [9.17, 15) is 4.79 Å². The maximum Gasteiger partial charge on any atom is 0.316 e. The van der Waals surface area contributed by atoms with Crippen LogP contribution in [0.2, 0.25) is 4.34 Å². The molecule has 1 aromatic heterocycles. The molecule has 2 aromatic carbocycles. The van der Waals surface area contributed by atoms with E-state index in [1.54, 1.807) is 11.3 Å². The standard InChI is InChI=1S/C22H19ClO2S/c1-2-25-21(24)22(13-14-22)18-9-7-16(8-10-18)15-3-5-17(6-4-15)19-11-12-20(23)26-19/h3-12H,2,13-14H2,1H3. The number of hydrogen-bond donors (Lipinski definition) is 0. The van der Waals surface area contributed by atoms with Gasteiger partial charge in [0.05, 0.1) is 16.4 Å². The van der Waals surface area contributed by atoms with Crippen LogP contribution < -0.4 is 0 Å². The normalized spacial score (nSPS) is 14.8. The van der Waals surface area contributed by atoms with E-state index in [4.69, 9.17) is 16.3 Å². The van der Waals surface area contributed by atoms with Gasteiger partial charge in [-0.1, -0.05) is 60.1 Å². The molecule has 0 bridgehead atoms. The molecule has 0 atom stereocenters. The summed E-state index contributed by atoms with van der Waals surface area (Å²) in [5.41, 5.74) is 4.12. The summed E-state index contributed by atoms with van der Waals surface area (Å²) in [6, 6.07) is 20.7. The van der Waals surface area contributed by atoms with Crippen molar-refractivity contribution < 1.29 is 9.53 Å². The van der Waals surface area contributed by atoms with Gasteiger partial charge < -0.3 is 4.74 Å². The van der Waals surface area contributed by atoms with Crippen LogP contribution in [0.1, 0.15) is 25.3 Å². The summed E-state index contributed by atoms with van der Waals surface area (Å²) in [5.74, 6) is -0.0910. The number of benzene rings is 2. The summed E-state index contributed by atoms with van der Waals surface area (Å²) in [6.45, 7) is 2.28. The molecule has 0 spiro atoms. The van der Waals surface area contributed by atoms with E-state index in [2.05, 4.69) is 48.5 Å². The third-order valence-corrected chi connectivity index (χ3v) is 6.21. The molecule has 4 heteroatoms. The van der Waals surface area contributed by atoms with Gasteiger partial charge >= 0.3 is 5.97 Å². The Bertz CT molecular complexity index is 922. The van der Waals surface area contributed by atoms with Gasteiger partial charge in [0.15, 0.2) is 0 Å². The zero-order valence-electron chi connectivity index (χ0n) is 14.5. The average Bonchev–Trinajstić information content (AvgIpc) is 3.38. The summed E-state index contributed by atoms with van der Waals surface area (Å²) in [6.07, 6.45) is 1.76. The Morgan fingerprint density at radius 2 is 1.54 bits per heavy atom. The van der Waals surface area contributed by atoms with Crippen molar-refractivity contribution in [1.82, 2.24) is 0 Å². The summed E-state index contributed by atoms with van der Waals surface area (Å²) >= 11 is 7.60. The number of halogens is 1. The van der Waals surface area contributed by atoms with Gasteiger partial charge in [-0.2, -0.15) is 0 Å². The van der Waals surface area contributed by atoms with Crippen molar-refractivity contribution in [2.75, 3.05) is 6.61 Å². The van der Waals surface area contributed by atoms with E-state index in [0.717, 1.165) is 33.9 Å². The first-order chi connectivity index (χ1) is 12.6. The zero-order valence-corrected chi connectivity index (χ0v) is 16.1. The molecule has 1 aliphatic rings. The minimum atomic E-state index is -0.406. The number of esters is 1. The lowest BCUT2D eigenvalue weighted by molar-refractivity contribution is -0.146. The molecule has 0 amide bonds. The minimum absolute atomic E-state index is 0.0910. The van der Waals surface area contributed by atoms with Crippen LogP contribution in [0, 0.1) is 0 Å². The quantitative estimate of drug-likeness (QED) is 0.482. The third-order valence-electron chi connectivity index (χ3n) is 4.93. The lowest BCUT2D eigenvalue weighted by Crippen LogP contribution is -2.23. The fourth-order valence-corrected chi connectivity index (χ4v) is 4.33. The first-order valence-electron chi connectivity index (χ1n) is 8.76. The Labute approximate surface area is 162 Å². The molecule has 0 unspecified atom stereocenters. The SMILES string of the molecule is CCOC(=O)C1(c2ccc(-c3ccc(-c4ccc(Cl)s4)cc3)cc2)CC1. The number of hydrogen-bond acceptors (Lipinski definition) is 3. The molecular weight excluding hydrogens is 364 g/mol. The molecule has 1 saturated carbocycles. The van der Waals surface area contributed by atoms with Crippen LogP contribution >= 0.6 is 22.9 Å². The lowest BCUT2D eigenvalue weighted by Gasteiger charge is -2.14. The van der Waals surface area contributed by atoms with Crippen LogP contribution in [0.3, 0.4) is 0 Å². The van der Waals surface area contributed by atoms with Crippen LogP contribution in [-0.2, 0) is 14.9 Å². The Kier molecular flexibility index (Phi) is 4.60. The summed E-state index contributed by atoms with van der Waals surface area (Å²) in [4.78, 5) is 13.4. The van der Waals surface area contributed by atoms with E-state index in [-0.39, 0.29) is 5.97 Å². The molecule has 0 radical (unpaired) electrons. The predicted molar refractivity (Wildman–Crippen MR) is 108 cm³/mol. The van der Waals surface area contributed by atoms with Crippen LogP contribution in [-0.4, -0.2) is 12.6 Å². The third kappa shape index (κ3) is 3.17. The van der Waals surface area contributed by atoms with Gasteiger partial charge in [0.25, 0.3) is 0 Å². The van der Waals surface area contributed by atoms with Crippen molar-refractivity contribution in [2.45, 2.75) is 25.2 Å². The molecule has 26 heavy (non-hydrogen) atoms. The predicted octanol–water partition coefficient (Wildman–Crippen LogP) is 6.33. The van der Waals surface area contributed by atoms with Crippen molar-refractivity contribution in [3.05, 3.63) is 70.6 Å². The maximum absolute atomic E-state index is 12.2. The molecule has 3 aromatic rings. The van der Waals surface area contributed by atoms with Gasteiger partial charge in [-0.25, -0.2) is 0 Å². The highest BCUT2D eigenvalue weighted by Crippen LogP contribution is 2.49. The smallest absolute Gasteiger partial charge is 0.316 e. The van der Waals surface area contributed by atoms with Crippen LogP contribution in [0.25, 0.3) is 21.6 Å². The molecule has 1 aliphatic carbocycles. The number of ether oxygens (including phenoxy) is 1. The highest BCUT2D eigenvalue weighted by Gasteiger charge is 2.52. The maximum atomic E-state index is 12.2.